The molecule has 0 radical (unpaired) electrons. The highest BCUT2D eigenvalue weighted by atomic mass is 32.2. The van der Waals surface area contributed by atoms with E-state index < -0.39 is 21.6 Å². The molecule has 0 saturated heterocycles. The van der Waals surface area contributed by atoms with Gasteiger partial charge < -0.3 is 19.6 Å². The molecule has 0 saturated carbocycles. The minimum absolute atomic E-state index is 0.223. The standard InChI is InChI=1S/C19H23N3O6S/c1-4-28-17-8-13(5-6-16(17)27-2)15(11-29(3,25)26)22-18-14(21-19(22)24)7-12(10-23)9-20-18/h5-9,15,23H,4,10-11H2,1-3H3,(H,21,24)/t15-/m1/s1. The van der Waals surface area contributed by atoms with Gasteiger partial charge in [-0.2, -0.15) is 0 Å². The number of hydrogen-bond acceptors (Lipinski definition) is 7. The smallest absolute Gasteiger partial charge is 0.328 e. The Bertz CT molecular complexity index is 1180. The van der Waals surface area contributed by atoms with Gasteiger partial charge in [0.05, 0.1) is 37.6 Å². The van der Waals surface area contributed by atoms with Crippen LogP contribution in [0.25, 0.3) is 11.2 Å². The molecule has 0 bridgehead atoms. The van der Waals surface area contributed by atoms with Crippen LogP contribution in [0.4, 0.5) is 0 Å². The maximum Gasteiger partial charge on any atom is 0.328 e. The van der Waals surface area contributed by atoms with Crippen molar-refractivity contribution in [2.45, 2.75) is 19.6 Å². The average Bonchev–Trinajstić information content (AvgIpc) is 3.00. The molecule has 156 valence electrons. The van der Waals surface area contributed by atoms with Gasteiger partial charge in [0, 0.05) is 12.5 Å². The molecule has 2 heterocycles. The normalized spacial score (nSPS) is 12.8. The second-order valence-electron chi connectivity index (χ2n) is 6.62. The number of rotatable bonds is 8. The van der Waals surface area contributed by atoms with Crippen LogP contribution in [0.1, 0.15) is 24.1 Å². The predicted octanol–water partition coefficient (Wildman–Crippen LogP) is 1.26. The summed E-state index contributed by atoms with van der Waals surface area (Å²) < 4.78 is 36.5. The van der Waals surface area contributed by atoms with Crippen molar-refractivity contribution >= 4 is 21.0 Å². The molecule has 1 atom stereocenters. The number of aromatic amines is 1. The highest BCUT2D eigenvalue weighted by Crippen LogP contribution is 2.32. The summed E-state index contributed by atoms with van der Waals surface area (Å²) in [4.78, 5) is 19.7. The summed E-state index contributed by atoms with van der Waals surface area (Å²) in [5, 5.41) is 9.30. The summed E-state index contributed by atoms with van der Waals surface area (Å²) in [6, 6.07) is 5.82. The number of aliphatic hydroxyl groups is 1. The number of imidazole rings is 1. The zero-order valence-electron chi connectivity index (χ0n) is 16.4. The molecule has 10 heteroatoms. The fraction of sp³-hybridized carbons (Fsp3) is 0.368. The molecule has 0 spiro atoms. The summed E-state index contributed by atoms with van der Waals surface area (Å²) in [6.07, 6.45) is 2.56. The summed E-state index contributed by atoms with van der Waals surface area (Å²) in [7, 11) is -1.94. The van der Waals surface area contributed by atoms with Crippen molar-refractivity contribution in [1.82, 2.24) is 14.5 Å². The van der Waals surface area contributed by atoms with Crippen LogP contribution in [-0.2, 0) is 16.4 Å². The molecular weight excluding hydrogens is 398 g/mol. The third-order valence-electron chi connectivity index (χ3n) is 4.44. The molecule has 3 rings (SSSR count). The van der Waals surface area contributed by atoms with Gasteiger partial charge in [-0.15, -0.1) is 0 Å². The predicted molar refractivity (Wildman–Crippen MR) is 108 cm³/mol. The lowest BCUT2D eigenvalue weighted by molar-refractivity contribution is 0.281. The molecule has 0 aliphatic carbocycles. The van der Waals surface area contributed by atoms with E-state index in [9.17, 15) is 18.3 Å². The van der Waals surface area contributed by atoms with Gasteiger partial charge in [0.2, 0.25) is 0 Å². The number of fused-ring (bicyclic) bond motifs is 1. The monoisotopic (exact) mass is 421 g/mol. The van der Waals surface area contributed by atoms with Crippen molar-refractivity contribution in [2.24, 2.45) is 0 Å². The number of nitrogens with one attached hydrogen (secondary N) is 1. The first kappa shape index (κ1) is 20.9. The van der Waals surface area contributed by atoms with Gasteiger partial charge in [0.1, 0.15) is 9.84 Å². The third-order valence-corrected chi connectivity index (χ3v) is 5.36. The molecule has 0 aliphatic rings. The van der Waals surface area contributed by atoms with Gasteiger partial charge >= 0.3 is 5.69 Å². The molecule has 2 N–H and O–H groups in total. The SMILES string of the molecule is CCOc1cc([C@@H](CS(C)(=O)=O)n2c(=O)[nH]c3cc(CO)cnc32)ccc1OC. The lowest BCUT2D eigenvalue weighted by Gasteiger charge is -2.20. The lowest BCUT2D eigenvalue weighted by atomic mass is 10.1. The van der Waals surface area contributed by atoms with Gasteiger partial charge in [-0.05, 0) is 36.2 Å². The minimum Gasteiger partial charge on any atom is -0.493 e. The van der Waals surface area contributed by atoms with E-state index in [4.69, 9.17) is 9.47 Å². The van der Waals surface area contributed by atoms with E-state index in [-0.39, 0.29) is 12.4 Å². The average molecular weight is 421 g/mol. The maximum atomic E-state index is 12.7. The van der Waals surface area contributed by atoms with E-state index in [1.54, 1.807) is 24.3 Å². The van der Waals surface area contributed by atoms with E-state index in [2.05, 4.69) is 9.97 Å². The topological polar surface area (TPSA) is 124 Å². The zero-order chi connectivity index (χ0) is 21.2. The van der Waals surface area contributed by atoms with E-state index in [1.165, 1.54) is 17.9 Å². The Kier molecular flexibility index (Phi) is 5.94. The summed E-state index contributed by atoms with van der Waals surface area (Å²) >= 11 is 0. The van der Waals surface area contributed by atoms with Crippen LogP contribution in [-0.4, -0.2) is 53.8 Å². The van der Waals surface area contributed by atoms with Crippen molar-refractivity contribution < 1.29 is 23.0 Å². The van der Waals surface area contributed by atoms with Crippen molar-refractivity contribution in [3.63, 3.8) is 0 Å². The van der Waals surface area contributed by atoms with Gasteiger partial charge in [0.15, 0.2) is 17.1 Å². The molecule has 2 aromatic heterocycles. The van der Waals surface area contributed by atoms with Crippen molar-refractivity contribution in [3.8, 4) is 11.5 Å². The maximum absolute atomic E-state index is 12.7. The Morgan fingerprint density at radius 3 is 2.66 bits per heavy atom. The Balaban J connectivity index is 2.22. The summed E-state index contributed by atoms with van der Waals surface area (Å²) in [6.45, 7) is 2.00. The van der Waals surface area contributed by atoms with Crippen LogP contribution in [0, 0.1) is 0 Å². The molecular formula is C19H23N3O6S. The van der Waals surface area contributed by atoms with Crippen LogP contribution >= 0.6 is 0 Å². The van der Waals surface area contributed by atoms with Crippen molar-refractivity contribution in [2.75, 3.05) is 25.7 Å². The fourth-order valence-electron chi connectivity index (χ4n) is 3.21. The summed E-state index contributed by atoms with van der Waals surface area (Å²) in [5.74, 6) is 0.654. The first-order valence-electron chi connectivity index (χ1n) is 8.95. The van der Waals surface area contributed by atoms with Crippen molar-refractivity contribution in [1.29, 1.82) is 0 Å². The minimum atomic E-state index is -3.45. The highest BCUT2D eigenvalue weighted by Gasteiger charge is 2.25. The number of methoxy groups -OCH3 is 1. The zero-order valence-corrected chi connectivity index (χ0v) is 17.2. The Morgan fingerprint density at radius 2 is 2.03 bits per heavy atom. The first-order chi connectivity index (χ1) is 13.8. The highest BCUT2D eigenvalue weighted by molar-refractivity contribution is 7.90. The van der Waals surface area contributed by atoms with E-state index in [1.807, 2.05) is 6.92 Å². The Morgan fingerprint density at radius 1 is 1.28 bits per heavy atom. The third kappa shape index (κ3) is 4.43. The molecule has 0 fully saturated rings. The number of sulfone groups is 1. The fourth-order valence-corrected chi connectivity index (χ4v) is 4.12. The van der Waals surface area contributed by atoms with Crippen LogP contribution in [0.15, 0.2) is 35.3 Å². The molecule has 0 aliphatic heterocycles. The van der Waals surface area contributed by atoms with E-state index >= 15 is 0 Å². The number of benzene rings is 1. The molecule has 0 amide bonds. The molecule has 9 nitrogen and oxygen atoms in total. The number of aliphatic hydroxyl groups excluding tert-OH is 1. The van der Waals surface area contributed by atoms with Crippen LogP contribution in [0.3, 0.4) is 0 Å². The number of ether oxygens (including phenoxy) is 2. The number of H-pyrrole nitrogens is 1. The Labute approximate surface area is 167 Å². The Hall–Kier alpha value is -2.85. The number of pyridine rings is 1. The molecule has 3 aromatic rings. The molecule has 1 aromatic carbocycles. The van der Waals surface area contributed by atoms with Gasteiger partial charge in [-0.1, -0.05) is 6.07 Å². The summed E-state index contributed by atoms with van der Waals surface area (Å²) in [5.41, 5.74) is 1.32. The van der Waals surface area contributed by atoms with Gasteiger partial charge in [0.25, 0.3) is 0 Å². The van der Waals surface area contributed by atoms with Gasteiger partial charge in [-0.3, -0.25) is 4.57 Å². The van der Waals surface area contributed by atoms with Crippen LogP contribution in [0.2, 0.25) is 0 Å². The van der Waals surface area contributed by atoms with Crippen molar-refractivity contribution in [3.05, 3.63) is 52.1 Å². The molecule has 0 unspecified atom stereocenters. The quantitative estimate of drug-likeness (QED) is 0.561. The number of nitrogens with zero attached hydrogens (tertiary/aromatic N) is 2. The van der Waals surface area contributed by atoms with Gasteiger partial charge in [-0.25, -0.2) is 18.2 Å². The number of hydrogen-bond donors (Lipinski definition) is 2. The second kappa shape index (κ2) is 8.26. The molecule has 29 heavy (non-hydrogen) atoms. The largest absolute Gasteiger partial charge is 0.493 e. The first-order valence-corrected chi connectivity index (χ1v) is 11.0. The van der Waals surface area contributed by atoms with Crippen LogP contribution in [0.5, 0.6) is 11.5 Å². The van der Waals surface area contributed by atoms with E-state index in [0.717, 1.165) is 6.26 Å². The lowest BCUT2D eigenvalue weighted by Crippen LogP contribution is -2.28. The van der Waals surface area contributed by atoms with E-state index in [0.29, 0.717) is 40.4 Å². The van der Waals surface area contributed by atoms with Crippen LogP contribution < -0.4 is 15.2 Å². The number of aromatic nitrogens is 3. The second-order valence-corrected chi connectivity index (χ2v) is 8.81.